The van der Waals surface area contributed by atoms with E-state index in [1.54, 1.807) is 0 Å². The molecule has 1 saturated carbocycles. The minimum Gasteiger partial charge on any atom is -0.316 e. The van der Waals surface area contributed by atoms with Crippen molar-refractivity contribution in [2.24, 2.45) is 11.3 Å². The Labute approximate surface area is 119 Å². The van der Waals surface area contributed by atoms with Gasteiger partial charge in [0.2, 0.25) is 0 Å². The van der Waals surface area contributed by atoms with Gasteiger partial charge in [-0.05, 0) is 54.8 Å². The maximum Gasteiger partial charge on any atom is 0.0595 e. The number of fused-ring (bicyclic) bond motifs is 1. The molecular weight excluding hydrogens is 265 g/mol. The molecule has 0 amide bonds. The van der Waals surface area contributed by atoms with Crippen LogP contribution in [-0.4, -0.2) is 13.1 Å². The SMILES string of the molecule is Clc1ccc(C[C@]23CCCC[C@H]2CNC3)cc1Cl. The number of nitrogens with one attached hydrogen (secondary N) is 1. The molecule has 1 aromatic rings. The van der Waals surface area contributed by atoms with Gasteiger partial charge in [-0.2, -0.15) is 0 Å². The number of rotatable bonds is 2. The zero-order valence-electron chi connectivity index (χ0n) is 10.5. The van der Waals surface area contributed by atoms with Crippen molar-refractivity contribution < 1.29 is 0 Å². The van der Waals surface area contributed by atoms with Crippen LogP contribution in [0.5, 0.6) is 0 Å². The van der Waals surface area contributed by atoms with Crippen molar-refractivity contribution in [3.05, 3.63) is 33.8 Å². The Morgan fingerprint density at radius 3 is 2.94 bits per heavy atom. The molecule has 1 saturated heterocycles. The molecule has 0 unspecified atom stereocenters. The van der Waals surface area contributed by atoms with E-state index in [0.29, 0.717) is 15.5 Å². The van der Waals surface area contributed by atoms with Gasteiger partial charge in [0.15, 0.2) is 0 Å². The third-order valence-corrected chi connectivity index (χ3v) is 5.49. The molecule has 98 valence electrons. The lowest BCUT2D eigenvalue weighted by molar-refractivity contribution is 0.149. The second kappa shape index (κ2) is 5.03. The maximum absolute atomic E-state index is 6.12. The zero-order valence-corrected chi connectivity index (χ0v) is 12.0. The fourth-order valence-corrected chi connectivity index (χ4v) is 4.10. The molecule has 2 fully saturated rings. The lowest BCUT2D eigenvalue weighted by atomic mass is 9.65. The van der Waals surface area contributed by atoms with E-state index in [1.807, 2.05) is 12.1 Å². The standard InChI is InChI=1S/C15H19Cl2N/c16-13-5-4-11(7-14(13)17)8-15-6-2-1-3-12(15)9-18-10-15/h4-5,7,12,18H,1-3,6,8-10H2/t12-,15-/m0/s1. The van der Waals surface area contributed by atoms with E-state index in [4.69, 9.17) is 23.2 Å². The number of hydrogen-bond donors (Lipinski definition) is 1. The predicted molar refractivity (Wildman–Crippen MR) is 77.4 cm³/mol. The molecule has 1 aromatic carbocycles. The maximum atomic E-state index is 6.12. The molecule has 1 aliphatic carbocycles. The minimum atomic E-state index is 0.468. The lowest BCUT2D eigenvalue weighted by Crippen LogP contribution is -2.35. The monoisotopic (exact) mass is 283 g/mol. The number of hydrogen-bond acceptors (Lipinski definition) is 1. The summed E-state index contributed by atoms with van der Waals surface area (Å²) in [6, 6.07) is 6.10. The van der Waals surface area contributed by atoms with E-state index in [-0.39, 0.29) is 0 Å². The van der Waals surface area contributed by atoms with Crippen LogP contribution in [0, 0.1) is 11.3 Å². The summed E-state index contributed by atoms with van der Waals surface area (Å²) in [5.41, 5.74) is 1.80. The average Bonchev–Trinajstić information content (AvgIpc) is 2.77. The van der Waals surface area contributed by atoms with E-state index >= 15 is 0 Å². The van der Waals surface area contributed by atoms with E-state index in [2.05, 4.69) is 11.4 Å². The summed E-state index contributed by atoms with van der Waals surface area (Å²) in [7, 11) is 0. The van der Waals surface area contributed by atoms with Gasteiger partial charge in [0, 0.05) is 6.54 Å². The van der Waals surface area contributed by atoms with Crippen LogP contribution in [0.4, 0.5) is 0 Å². The van der Waals surface area contributed by atoms with Crippen LogP contribution in [0.2, 0.25) is 10.0 Å². The van der Waals surface area contributed by atoms with E-state index in [1.165, 1.54) is 37.8 Å². The zero-order chi connectivity index (χ0) is 12.6. The van der Waals surface area contributed by atoms with Gasteiger partial charge in [0.05, 0.1) is 10.0 Å². The highest BCUT2D eigenvalue weighted by Crippen LogP contribution is 2.46. The van der Waals surface area contributed by atoms with Crippen molar-refractivity contribution in [3.8, 4) is 0 Å². The Balaban J connectivity index is 1.83. The second-order valence-electron chi connectivity index (χ2n) is 5.86. The molecule has 0 bridgehead atoms. The molecule has 0 spiro atoms. The largest absolute Gasteiger partial charge is 0.316 e. The Hall–Kier alpha value is -0.240. The number of benzene rings is 1. The normalized spacial score (nSPS) is 31.3. The van der Waals surface area contributed by atoms with Gasteiger partial charge in [-0.3, -0.25) is 0 Å². The van der Waals surface area contributed by atoms with Crippen LogP contribution in [0.15, 0.2) is 18.2 Å². The third-order valence-electron chi connectivity index (χ3n) is 4.75. The Morgan fingerprint density at radius 1 is 1.22 bits per heavy atom. The Bertz CT molecular complexity index is 446. The summed E-state index contributed by atoms with van der Waals surface area (Å²) in [6.07, 6.45) is 6.65. The Morgan fingerprint density at radius 2 is 2.11 bits per heavy atom. The van der Waals surface area contributed by atoms with Crippen LogP contribution in [0.3, 0.4) is 0 Å². The van der Waals surface area contributed by atoms with Crippen LogP contribution in [0.1, 0.15) is 31.2 Å². The first kappa shape index (κ1) is 12.8. The third kappa shape index (κ3) is 2.29. The quantitative estimate of drug-likeness (QED) is 0.853. The van der Waals surface area contributed by atoms with Gasteiger partial charge < -0.3 is 5.32 Å². The highest BCUT2D eigenvalue weighted by molar-refractivity contribution is 6.42. The fraction of sp³-hybridized carbons (Fsp3) is 0.600. The smallest absolute Gasteiger partial charge is 0.0595 e. The second-order valence-corrected chi connectivity index (χ2v) is 6.68. The highest BCUT2D eigenvalue weighted by Gasteiger charge is 2.43. The van der Waals surface area contributed by atoms with Gasteiger partial charge in [-0.25, -0.2) is 0 Å². The van der Waals surface area contributed by atoms with Gasteiger partial charge in [-0.1, -0.05) is 42.1 Å². The molecule has 2 aliphatic rings. The van der Waals surface area contributed by atoms with Crippen molar-refractivity contribution in [1.82, 2.24) is 5.32 Å². The summed E-state index contributed by atoms with van der Waals surface area (Å²) in [4.78, 5) is 0. The molecule has 18 heavy (non-hydrogen) atoms. The topological polar surface area (TPSA) is 12.0 Å². The molecule has 3 heteroatoms. The van der Waals surface area contributed by atoms with E-state index in [0.717, 1.165) is 18.9 Å². The van der Waals surface area contributed by atoms with Crippen molar-refractivity contribution in [2.45, 2.75) is 32.1 Å². The predicted octanol–water partition coefficient (Wildman–Crippen LogP) is 4.32. The summed E-state index contributed by atoms with van der Waals surface area (Å²) in [5.74, 6) is 0.848. The molecule has 1 N–H and O–H groups in total. The summed E-state index contributed by atoms with van der Waals surface area (Å²) >= 11 is 12.1. The molecule has 2 atom stereocenters. The minimum absolute atomic E-state index is 0.468. The average molecular weight is 284 g/mol. The first-order valence-electron chi connectivity index (χ1n) is 6.84. The highest BCUT2D eigenvalue weighted by atomic mass is 35.5. The van der Waals surface area contributed by atoms with Crippen molar-refractivity contribution >= 4 is 23.2 Å². The van der Waals surface area contributed by atoms with Crippen LogP contribution < -0.4 is 5.32 Å². The summed E-state index contributed by atoms with van der Waals surface area (Å²) < 4.78 is 0. The molecule has 0 radical (unpaired) electrons. The molecular formula is C15H19Cl2N. The number of halogens is 2. The molecule has 1 nitrogen and oxygen atoms in total. The van der Waals surface area contributed by atoms with E-state index in [9.17, 15) is 0 Å². The van der Waals surface area contributed by atoms with Crippen molar-refractivity contribution in [2.75, 3.05) is 13.1 Å². The van der Waals surface area contributed by atoms with Crippen molar-refractivity contribution in [1.29, 1.82) is 0 Å². The molecule has 0 aromatic heterocycles. The van der Waals surface area contributed by atoms with Crippen molar-refractivity contribution in [3.63, 3.8) is 0 Å². The van der Waals surface area contributed by atoms with E-state index < -0.39 is 0 Å². The van der Waals surface area contributed by atoms with Gasteiger partial charge in [-0.15, -0.1) is 0 Å². The first-order chi connectivity index (χ1) is 8.70. The van der Waals surface area contributed by atoms with Crippen LogP contribution >= 0.6 is 23.2 Å². The summed E-state index contributed by atoms with van der Waals surface area (Å²) in [5, 5.41) is 4.93. The molecule has 1 heterocycles. The lowest BCUT2D eigenvalue weighted by Gasteiger charge is -2.39. The fourth-order valence-electron chi connectivity index (χ4n) is 3.78. The summed E-state index contributed by atoms with van der Waals surface area (Å²) in [6.45, 7) is 2.36. The van der Waals surface area contributed by atoms with Gasteiger partial charge in [0.1, 0.15) is 0 Å². The van der Waals surface area contributed by atoms with Gasteiger partial charge >= 0.3 is 0 Å². The van der Waals surface area contributed by atoms with Crippen LogP contribution in [0.25, 0.3) is 0 Å². The molecule has 3 rings (SSSR count). The Kier molecular flexibility index (Phi) is 3.57. The first-order valence-corrected chi connectivity index (χ1v) is 7.60. The van der Waals surface area contributed by atoms with Crippen LogP contribution in [-0.2, 0) is 6.42 Å². The van der Waals surface area contributed by atoms with Gasteiger partial charge in [0.25, 0.3) is 0 Å². The molecule has 1 aliphatic heterocycles.